The molecular weight excluding hydrogens is 953 g/mol. The molecular formula is C58H78N8O7S. The average molecular weight is 1030 g/mol. The molecule has 0 radical (unpaired) electrons. The van der Waals surface area contributed by atoms with Crippen LogP contribution in [-0.4, -0.2) is 111 Å². The number of hydrogen-bond acceptors (Lipinski definition) is 10. The summed E-state index contributed by atoms with van der Waals surface area (Å²) in [6, 6.07) is 16.6. The predicted molar refractivity (Wildman–Crippen MR) is 291 cm³/mol. The van der Waals surface area contributed by atoms with Gasteiger partial charge in [-0.15, -0.1) is 11.3 Å². The minimum atomic E-state index is -0.872. The second-order valence-corrected chi connectivity index (χ2v) is 21.9. The van der Waals surface area contributed by atoms with Crippen molar-refractivity contribution in [2.45, 2.75) is 149 Å². The van der Waals surface area contributed by atoms with Crippen LogP contribution in [0.5, 0.6) is 0 Å². The van der Waals surface area contributed by atoms with Crippen molar-refractivity contribution < 1.29 is 33.9 Å². The summed E-state index contributed by atoms with van der Waals surface area (Å²) < 4.78 is 0. The number of aromatic nitrogens is 2. The molecule has 2 aliphatic heterocycles. The molecule has 74 heavy (non-hydrogen) atoms. The first kappa shape index (κ1) is 57.0. The number of hydrogen-bond donors (Lipinski definition) is 5. The molecule has 6 amide bonds. The highest BCUT2D eigenvalue weighted by Gasteiger charge is 2.44. The molecule has 15 nitrogen and oxygen atoms in total. The quantitative estimate of drug-likeness (QED) is 0.0318. The lowest BCUT2D eigenvalue weighted by Gasteiger charge is -2.35. The molecule has 2 saturated heterocycles. The molecule has 6 rings (SSSR count). The van der Waals surface area contributed by atoms with Crippen LogP contribution in [0.15, 0.2) is 84.6 Å². The summed E-state index contributed by atoms with van der Waals surface area (Å²) >= 11 is 1.58. The molecule has 0 spiro atoms. The van der Waals surface area contributed by atoms with Gasteiger partial charge in [-0.05, 0) is 110 Å². The van der Waals surface area contributed by atoms with Crippen LogP contribution >= 0.6 is 11.3 Å². The van der Waals surface area contributed by atoms with Crippen molar-refractivity contribution in [2.75, 3.05) is 32.7 Å². The molecule has 2 aromatic heterocycles. The highest BCUT2D eigenvalue weighted by atomic mass is 32.1. The number of aliphatic hydroxyl groups is 1. The largest absolute Gasteiger partial charge is 0.391 e. The van der Waals surface area contributed by atoms with Crippen molar-refractivity contribution in [3.63, 3.8) is 0 Å². The van der Waals surface area contributed by atoms with Crippen molar-refractivity contribution in [1.29, 1.82) is 0 Å². The third-order valence-corrected chi connectivity index (χ3v) is 15.1. The zero-order chi connectivity index (χ0) is 53.0. The van der Waals surface area contributed by atoms with E-state index in [2.05, 4.69) is 31.2 Å². The number of benzene rings is 2. The Hall–Kier alpha value is -6.26. The molecule has 0 bridgehead atoms. The van der Waals surface area contributed by atoms with Crippen molar-refractivity contribution in [3.05, 3.63) is 113 Å². The third kappa shape index (κ3) is 17.4. The van der Waals surface area contributed by atoms with Crippen LogP contribution in [0, 0.1) is 18.3 Å². The number of aryl methyl sites for hydroxylation is 1. The number of thiazole rings is 1. The molecule has 4 atom stereocenters. The first-order chi connectivity index (χ1) is 35.6. The Bertz CT molecular complexity index is 2480. The van der Waals surface area contributed by atoms with E-state index in [1.165, 1.54) is 11.0 Å². The van der Waals surface area contributed by atoms with E-state index in [4.69, 9.17) is 0 Å². The number of pyridine rings is 1. The van der Waals surface area contributed by atoms with Gasteiger partial charge in [-0.3, -0.25) is 33.8 Å². The third-order valence-electron chi connectivity index (χ3n) is 14.2. The summed E-state index contributed by atoms with van der Waals surface area (Å²) in [7, 11) is 0. The summed E-state index contributed by atoms with van der Waals surface area (Å²) in [6.45, 7) is 12.2. The van der Waals surface area contributed by atoms with Crippen molar-refractivity contribution >= 4 is 52.9 Å². The van der Waals surface area contributed by atoms with E-state index in [0.29, 0.717) is 49.6 Å². The van der Waals surface area contributed by atoms with E-state index < -0.39 is 23.6 Å². The lowest BCUT2D eigenvalue weighted by molar-refractivity contribution is -0.144. The molecule has 0 unspecified atom stereocenters. The molecule has 2 aliphatic rings. The fourth-order valence-electron chi connectivity index (χ4n) is 9.69. The average Bonchev–Trinajstić information content (AvgIpc) is 4.02. The standard InChI is InChI=1S/C58H78N8O7S/c1-40(44-20-22-45(23-21-44)52-41(2)62-39-74-52)63-55(71)49-36-48(67)38-66(49)57(73)53(58(3,4)5)64-51(69)18-11-9-7-6-8-10-13-33-61-54(70)46-24-26-47(27-25-46)56(72)65-34-29-42(30-35-65)16-12-14-32-60-50(68)28-19-43-17-15-31-59-37-43/h15,17,19-28,31,37,39-40,42,48-49,53,67H,6-14,16,18,29-30,32-36,38H2,1-5H3,(H,60,68)(H,61,70)(H,63,71)(H,64,69)/b28-19+/t40-,48+,49-,53+/m0/s1. The van der Waals surface area contributed by atoms with Gasteiger partial charge in [-0.1, -0.05) is 96.0 Å². The van der Waals surface area contributed by atoms with Crippen LogP contribution in [0.2, 0.25) is 0 Å². The van der Waals surface area contributed by atoms with Gasteiger partial charge in [0.15, 0.2) is 0 Å². The Morgan fingerprint density at radius 1 is 0.824 bits per heavy atom. The summed E-state index contributed by atoms with van der Waals surface area (Å²) in [5.74, 6) is -0.646. The molecule has 2 fully saturated rings. The summed E-state index contributed by atoms with van der Waals surface area (Å²) in [5, 5.41) is 22.6. The van der Waals surface area contributed by atoms with E-state index in [1.54, 1.807) is 54.1 Å². The van der Waals surface area contributed by atoms with Gasteiger partial charge in [-0.2, -0.15) is 0 Å². The maximum Gasteiger partial charge on any atom is 0.253 e. The molecule has 0 aliphatic carbocycles. The second kappa shape index (κ2) is 28.4. The number of nitrogens with one attached hydrogen (secondary N) is 4. The maximum absolute atomic E-state index is 14.1. The minimum Gasteiger partial charge on any atom is -0.391 e. The lowest BCUT2D eigenvalue weighted by Crippen LogP contribution is -2.57. The van der Waals surface area contributed by atoms with E-state index in [-0.39, 0.29) is 60.9 Å². The highest BCUT2D eigenvalue weighted by Crippen LogP contribution is 2.30. The van der Waals surface area contributed by atoms with Crippen LogP contribution in [0.25, 0.3) is 16.5 Å². The zero-order valence-corrected chi connectivity index (χ0v) is 44.9. The fourth-order valence-corrected chi connectivity index (χ4v) is 10.5. The van der Waals surface area contributed by atoms with Gasteiger partial charge in [0.05, 0.1) is 28.2 Å². The number of nitrogens with zero attached hydrogens (tertiary/aromatic N) is 4. The predicted octanol–water partition coefficient (Wildman–Crippen LogP) is 8.59. The van der Waals surface area contributed by atoms with Gasteiger partial charge in [0, 0.05) is 75.2 Å². The molecule has 4 aromatic rings. The summed E-state index contributed by atoms with van der Waals surface area (Å²) in [4.78, 5) is 92.0. The topological polar surface area (TPSA) is 203 Å². The first-order valence-corrected chi connectivity index (χ1v) is 27.6. The van der Waals surface area contributed by atoms with E-state index in [1.807, 2.05) is 81.4 Å². The van der Waals surface area contributed by atoms with Crippen molar-refractivity contribution in [1.82, 2.24) is 41.0 Å². The highest BCUT2D eigenvalue weighted by molar-refractivity contribution is 7.13. The first-order valence-electron chi connectivity index (χ1n) is 26.7. The lowest BCUT2D eigenvalue weighted by atomic mass is 9.85. The number of β-amino-alcohol motifs (C(OH)–C–C–N with tert-alkyl or cyclic N) is 1. The fraction of sp³-hybridized carbons (Fsp3) is 0.517. The minimum absolute atomic E-state index is 0.00817. The van der Waals surface area contributed by atoms with Gasteiger partial charge in [-0.25, -0.2) is 4.98 Å². The van der Waals surface area contributed by atoms with E-state index >= 15 is 0 Å². The molecule has 16 heteroatoms. The number of carbonyl (C=O) groups excluding carboxylic acids is 6. The van der Waals surface area contributed by atoms with Crippen molar-refractivity contribution in [2.24, 2.45) is 11.3 Å². The molecule has 4 heterocycles. The smallest absolute Gasteiger partial charge is 0.253 e. The van der Waals surface area contributed by atoms with Crippen LogP contribution in [0.4, 0.5) is 0 Å². The van der Waals surface area contributed by atoms with Gasteiger partial charge >= 0.3 is 0 Å². The Kier molecular flexibility index (Phi) is 21.9. The Morgan fingerprint density at radius 3 is 2.15 bits per heavy atom. The van der Waals surface area contributed by atoms with Gasteiger partial charge in [0.1, 0.15) is 12.1 Å². The number of likely N-dealkylation sites (tertiary alicyclic amines) is 2. The number of rotatable bonds is 25. The Balaban J connectivity index is 0.800. The van der Waals surface area contributed by atoms with Gasteiger partial charge in [0.2, 0.25) is 23.6 Å². The van der Waals surface area contributed by atoms with Gasteiger partial charge < -0.3 is 36.2 Å². The molecule has 0 saturated carbocycles. The number of piperidine rings is 1. The molecule has 2 aromatic carbocycles. The second-order valence-electron chi connectivity index (χ2n) is 21.1. The van der Waals surface area contributed by atoms with Crippen LogP contribution < -0.4 is 21.3 Å². The number of unbranched alkanes of at least 4 members (excludes halogenated alkanes) is 7. The number of aliphatic hydroxyl groups excluding tert-OH is 1. The number of amides is 6. The van der Waals surface area contributed by atoms with Crippen LogP contribution in [0.3, 0.4) is 0 Å². The monoisotopic (exact) mass is 1030 g/mol. The van der Waals surface area contributed by atoms with Crippen molar-refractivity contribution in [3.8, 4) is 10.4 Å². The number of carbonyl (C=O) groups is 6. The van der Waals surface area contributed by atoms with Gasteiger partial charge in [0.25, 0.3) is 11.8 Å². The van der Waals surface area contributed by atoms with E-state index in [9.17, 15) is 33.9 Å². The maximum atomic E-state index is 14.1. The molecule has 5 N–H and O–H groups in total. The zero-order valence-electron chi connectivity index (χ0n) is 44.1. The van der Waals surface area contributed by atoms with Crippen LogP contribution in [-0.2, 0) is 19.2 Å². The molecule has 398 valence electrons. The Morgan fingerprint density at radius 2 is 1.49 bits per heavy atom. The summed E-state index contributed by atoms with van der Waals surface area (Å²) in [6.07, 6.45) is 17.5. The SMILES string of the molecule is Cc1ncsc1-c1ccc([C@H](C)NC(=O)[C@@H]2C[C@@H](O)CN2C(=O)[C@@H](NC(=O)CCCCCCCCCNC(=O)c2ccc(C(=O)N3CCC(CCCCNC(=O)/C=C/c4cccnc4)CC3)cc2)C(C)(C)C)cc1. The van der Waals surface area contributed by atoms with E-state index in [0.717, 1.165) is 97.9 Å². The Labute approximate surface area is 441 Å². The van der Waals surface area contributed by atoms with Crippen LogP contribution in [0.1, 0.15) is 161 Å². The normalized spacial score (nSPS) is 16.9. The summed E-state index contributed by atoms with van der Waals surface area (Å²) in [5.41, 5.74) is 6.12.